The molecule has 0 amide bonds. The van der Waals surface area contributed by atoms with E-state index in [4.69, 9.17) is 22.7 Å². The Balaban J connectivity index is 2.21. The van der Waals surface area contributed by atoms with Gasteiger partial charge in [-0.2, -0.15) is 0 Å². The van der Waals surface area contributed by atoms with Crippen LogP contribution in [0.5, 0.6) is 0 Å². The Labute approximate surface area is 126 Å². The van der Waals surface area contributed by atoms with E-state index < -0.39 is 0 Å². The number of benzene rings is 1. The topological polar surface area (TPSA) is 53.1 Å². The second-order valence-electron chi connectivity index (χ2n) is 6.58. The molecule has 1 aliphatic rings. The van der Waals surface area contributed by atoms with Crippen molar-refractivity contribution in [3.05, 3.63) is 28.8 Å². The number of anilines is 1. The maximum absolute atomic E-state index is 7.74. The van der Waals surface area contributed by atoms with Crippen molar-refractivity contribution in [2.75, 3.05) is 11.9 Å². The van der Waals surface area contributed by atoms with E-state index >= 15 is 0 Å². The second-order valence-corrected chi connectivity index (χ2v) is 7.02. The summed E-state index contributed by atoms with van der Waals surface area (Å²) in [5, 5.41) is 8.36. The van der Waals surface area contributed by atoms with Gasteiger partial charge in [0.2, 0.25) is 0 Å². The third kappa shape index (κ3) is 3.26. The van der Waals surface area contributed by atoms with E-state index in [2.05, 4.69) is 25.8 Å². The summed E-state index contributed by atoms with van der Waals surface area (Å²) in [7, 11) is 2.10. The van der Waals surface area contributed by atoms with Gasteiger partial charge in [0, 0.05) is 29.4 Å². The number of hydrogen-bond acceptors (Lipinski definition) is 2. The van der Waals surface area contributed by atoms with E-state index in [0.717, 1.165) is 11.3 Å². The van der Waals surface area contributed by atoms with Gasteiger partial charge in [-0.15, -0.1) is 0 Å². The highest BCUT2D eigenvalue weighted by Gasteiger charge is 2.29. The lowest BCUT2D eigenvalue weighted by atomic mass is 9.75. The predicted molar refractivity (Wildman–Crippen MR) is 86.9 cm³/mol. The van der Waals surface area contributed by atoms with Gasteiger partial charge in [-0.3, -0.25) is 5.41 Å². The number of rotatable bonds is 3. The maximum atomic E-state index is 7.74. The van der Waals surface area contributed by atoms with Gasteiger partial charge in [0.25, 0.3) is 0 Å². The van der Waals surface area contributed by atoms with Crippen molar-refractivity contribution in [3.63, 3.8) is 0 Å². The molecule has 1 fully saturated rings. The monoisotopic (exact) mass is 293 g/mol. The molecule has 0 atom stereocenters. The normalized spacial score (nSPS) is 18.8. The highest BCUT2D eigenvalue weighted by Crippen LogP contribution is 2.38. The largest absolute Gasteiger partial charge is 0.384 e. The fraction of sp³-hybridized carbons (Fsp3) is 0.562. The van der Waals surface area contributed by atoms with Crippen molar-refractivity contribution in [2.24, 2.45) is 11.1 Å². The van der Waals surface area contributed by atoms with E-state index in [0.29, 0.717) is 16.5 Å². The van der Waals surface area contributed by atoms with Crippen LogP contribution in [0.3, 0.4) is 0 Å². The molecule has 0 radical (unpaired) electrons. The van der Waals surface area contributed by atoms with Crippen molar-refractivity contribution >= 4 is 23.1 Å². The first-order valence-corrected chi connectivity index (χ1v) is 7.55. The number of halogens is 1. The zero-order valence-electron chi connectivity index (χ0n) is 12.5. The standard InChI is InChI=1S/C16H24ClN3/c1-16(2)8-6-12(7-9-16)20(3)14-5-4-11(17)10-13(14)15(18)19/h4-5,10,12H,6-9H2,1-3H3,(H3,18,19). The van der Waals surface area contributed by atoms with Crippen LogP contribution in [0.4, 0.5) is 5.69 Å². The van der Waals surface area contributed by atoms with Gasteiger partial charge in [-0.05, 0) is 49.3 Å². The van der Waals surface area contributed by atoms with E-state index in [1.54, 1.807) is 6.07 Å². The molecule has 3 nitrogen and oxygen atoms in total. The molecule has 0 unspecified atom stereocenters. The van der Waals surface area contributed by atoms with Crippen molar-refractivity contribution in [2.45, 2.75) is 45.6 Å². The van der Waals surface area contributed by atoms with Crippen LogP contribution in [0.1, 0.15) is 45.1 Å². The Morgan fingerprint density at radius 3 is 2.50 bits per heavy atom. The van der Waals surface area contributed by atoms with Crippen molar-refractivity contribution in [1.29, 1.82) is 5.41 Å². The number of amidine groups is 1. The second kappa shape index (κ2) is 5.65. The van der Waals surface area contributed by atoms with Crippen LogP contribution in [-0.4, -0.2) is 18.9 Å². The Morgan fingerprint density at radius 1 is 1.35 bits per heavy atom. The van der Waals surface area contributed by atoms with Crippen molar-refractivity contribution in [1.82, 2.24) is 0 Å². The van der Waals surface area contributed by atoms with E-state index in [1.165, 1.54) is 25.7 Å². The van der Waals surface area contributed by atoms with Crippen molar-refractivity contribution in [3.8, 4) is 0 Å². The van der Waals surface area contributed by atoms with Gasteiger partial charge < -0.3 is 10.6 Å². The predicted octanol–water partition coefficient (Wildman–Crippen LogP) is 4.03. The van der Waals surface area contributed by atoms with Crippen LogP contribution in [0.2, 0.25) is 5.02 Å². The summed E-state index contributed by atoms with van der Waals surface area (Å²) in [5.74, 6) is 0.0745. The molecule has 0 heterocycles. The minimum absolute atomic E-state index is 0.0745. The first-order chi connectivity index (χ1) is 9.30. The van der Waals surface area contributed by atoms with Crippen LogP contribution in [0.25, 0.3) is 0 Å². The first-order valence-electron chi connectivity index (χ1n) is 7.17. The quantitative estimate of drug-likeness (QED) is 0.653. The SMILES string of the molecule is CN(c1ccc(Cl)cc1C(=N)N)C1CCC(C)(C)CC1. The molecular formula is C16H24ClN3. The van der Waals surface area contributed by atoms with Crippen LogP contribution >= 0.6 is 11.6 Å². The van der Waals surface area contributed by atoms with E-state index in [9.17, 15) is 0 Å². The number of nitrogens with zero attached hydrogens (tertiary/aromatic N) is 1. The Morgan fingerprint density at radius 2 is 1.95 bits per heavy atom. The number of nitrogens with two attached hydrogens (primary N) is 1. The summed E-state index contributed by atoms with van der Waals surface area (Å²) in [6.45, 7) is 4.68. The van der Waals surface area contributed by atoms with Gasteiger partial charge in [0.1, 0.15) is 5.84 Å². The van der Waals surface area contributed by atoms with E-state index in [1.807, 2.05) is 12.1 Å². The van der Waals surface area contributed by atoms with Crippen LogP contribution in [-0.2, 0) is 0 Å². The molecule has 20 heavy (non-hydrogen) atoms. The molecular weight excluding hydrogens is 270 g/mol. The Hall–Kier alpha value is -1.22. The summed E-state index contributed by atoms with van der Waals surface area (Å²) in [4.78, 5) is 2.27. The van der Waals surface area contributed by atoms with Gasteiger partial charge in [0.15, 0.2) is 0 Å². The minimum Gasteiger partial charge on any atom is -0.384 e. The van der Waals surface area contributed by atoms with Crippen LogP contribution < -0.4 is 10.6 Å². The molecule has 0 bridgehead atoms. The highest BCUT2D eigenvalue weighted by atomic mass is 35.5. The molecule has 1 aromatic carbocycles. The minimum atomic E-state index is 0.0745. The average molecular weight is 294 g/mol. The van der Waals surface area contributed by atoms with Crippen LogP contribution in [0, 0.1) is 10.8 Å². The molecule has 0 spiro atoms. The summed E-state index contributed by atoms with van der Waals surface area (Å²) in [5.41, 5.74) is 7.88. The zero-order chi connectivity index (χ0) is 14.9. The number of nitrogens with one attached hydrogen (secondary N) is 1. The summed E-state index contributed by atoms with van der Waals surface area (Å²) in [6, 6.07) is 6.13. The Kier molecular flexibility index (Phi) is 4.28. The third-order valence-corrected chi connectivity index (χ3v) is 4.72. The lowest BCUT2D eigenvalue weighted by molar-refractivity contribution is 0.222. The fourth-order valence-corrected chi connectivity index (χ4v) is 3.17. The molecule has 4 heteroatoms. The first kappa shape index (κ1) is 15.2. The summed E-state index contributed by atoms with van der Waals surface area (Å²) in [6.07, 6.45) is 4.85. The van der Waals surface area contributed by atoms with Crippen LogP contribution in [0.15, 0.2) is 18.2 Å². The van der Waals surface area contributed by atoms with E-state index in [-0.39, 0.29) is 5.84 Å². The lowest BCUT2D eigenvalue weighted by Crippen LogP contribution is -2.38. The summed E-state index contributed by atoms with van der Waals surface area (Å²) < 4.78 is 0. The molecule has 1 aliphatic carbocycles. The molecule has 0 aliphatic heterocycles. The van der Waals surface area contributed by atoms with Gasteiger partial charge in [0.05, 0.1) is 0 Å². The smallest absolute Gasteiger partial charge is 0.124 e. The molecule has 0 aromatic heterocycles. The molecule has 1 aromatic rings. The Bertz CT molecular complexity index is 500. The van der Waals surface area contributed by atoms with Gasteiger partial charge >= 0.3 is 0 Å². The molecule has 3 N–H and O–H groups in total. The average Bonchev–Trinajstić information content (AvgIpc) is 2.37. The molecule has 1 saturated carbocycles. The molecule has 2 rings (SSSR count). The third-order valence-electron chi connectivity index (χ3n) is 4.49. The summed E-state index contributed by atoms with van der Waals surface area (Å²) >= 11 is 6.02. The molecule has 110 valence electrons. The highest BCUT2D eigenvalue weighted by molar-refractivity contribution is 6.31. The van der Waals surface area contributed by atoms with Gasteiger partial charge in [-0.1, -0.05) is 25.4 Å². The number of hydrogen-bond donors (Lipinski definition) is 2. The van der Waals surface area contributed by atoms with Gasteiger partial charge in [-0.25, -0.2) is 0 Å². The zero-order valence-corrected chi connectivity index (χ0v) is 13.3. The fourth-order valence-electron chi connectivity index (χ4n) is 3.00. The lowest BCUT2D eigenvalue weighted by Gasteiger charge is -2.40. The van der Waals surface area contributed by atoms with Crippen molar-refractivity contribution < 1.29 is 0 Å². The molecule has 0 saturated heterocycles. The maximum Gasteiger partial charge on any atom is 0.124 e. The number of nitrogen functional groups attached to an aromatic ring is 1.